The summed E-state index contributed by atoms with van der Waals surface area (Å²) >= 11 is 1.33. The molecule has 2 heterocycles. The van der Waals surface area contributed by atoms with Gasteiger partial charge >= 0.3 is 5.97 Å². The van der Waals surface area contributed by atoms with E-state index in [-0.39, 0.29) is 43.1 Å². The number of amides is 1. The van der Waals surface area contributed by atoms with Crippen LogP contribution in [0, 0.1) is 5.82 Å². The largest absolute Gasteiger partial charge is 0.693 e. The van der Waals surface area contributed by atoms with Gasteiger partial charge < -0.3 is 31.4 Å². The van der Waals surface area contributed by atoms with Crippen molar-refractivity contribution in [1.29, 1.82) is 0 Å². The maximum atomic E-state index is 14.3. The van der Waals surface area contributed by atoms with Crippen LogP contribution in [0.15, 0.2) is 47.0 Å². The molecular weight excluding hydrogens is 503 g/mol. The summed E-state index contributed by atoms with van der Waals surface area (Å²) in [6.07, 6.45) is 2.44. The highest BCUT2D eigenvalue weighted by Gasteiger charge is 2.35. The van der Waals surface area contributed by atoms with Crippen LogP contribution in [-0.4, -0.2) is 41.7 Å². The number of halogens is 1. The van der Waals surface area contributed by atoms with Crippen LogP contribution >= 0.6 is 11.3 Å². The van der Waals surface area contributed by atoms with Crippen LogP contribution in [0.25, 0.3) is 6.15 Å². The van der Waals surface area contributed by atoms with Crippen molar-refractivity contribution in [3.63, 3.8) is 0 Å². The Labute approximate surface area is 216 Å². The molecule has 1 aromatic heterocycles. The highest BCUT2D eigenvalue weighted by molar-refractivity contribution is 7.13. The monoisotopic (exact) mass is 530 g/mol. The third-order valence-electron chi connectivity index (χ3n) is 5.74. The maximum Gasteiger partial charge on any atom is 0.338 e. The number of carbonyl (C=O) groups excluding carboxylic acids is 1. The Morgan fingerprint density at radius 3 is 2.81 bits per heavy atom. The molecule has 11 nitrogen and oxygen atoms in total. The summed E-state index contributed by atoms with van der Waals surface area (Å²) < 4.78 is 26.1. The van der Waals surface area contributed by atoms with Gasteiger partial charge in [-0.3, -0.25) is 4.79 Å². The molecule has 1 aliphatic heterocycles. The van der Waals surface area contributed by atoms with Crippen molar-refractivity contribution in [3.8, 4) is 17.2 Å². The lowest BCUT2D eigenvalue weighted by molar-refractivity contribution is -0.222. The smallest absolute Gasteiger partial charge is 0.338 e. The van der Waals surface area contributed by atoms with Crippen molar-refractivity contribution in [2.24, 2.45) is 5.11 Å². The van der Waals surface area contributed by atoms with Crippen LogP contribution in [0.5, 0.6) is 17.2 Å². The molecule has 1 amide bonds. The highest BCUT2D eigenvalue weighted by Crippen LogP contribution is 2.41. The molecule has 0 aliphatic carbocycles. The minimum atomic E-state index is -1.37. The van der Waals surface area contributed by atoms with Gasteiger partial charge in [0, 0.05) is 36.1 Å². The van der Waals surface area contributed by atoms with Gasteiger partial charge in [-0.25, -0.2) is 14.2 Å². The molecule has 3 aromatic rings. The average molecular weight is 531 g/mol. The number of hydrogen-bond acceptors (Lipinski definition) is 8. The number of carbonyl (C=O) groups is 2. The zero-order valence-electron chi connectivity index (χ0n) is 20.0. The molecule has 0 unspecified atom stereocenters. The van der Waals surface area contributed by atoms with Crippen LogP contribution in [0.1, 0.15) is 34.8 Å². The van der Waals surface area contributed by atoms with E-state index in [1.54, 1.807) is 17.6 Å². The number of fused-ring (bicyclic) bond motifs is 1. The molecule has 0 spiro atoms. The number of carboxylic acid groups (broad SMARTS) is 1. The van der Waals surface area contributed by atoms with E-state index in [9.17, 15) is 14.0 Å². The SMILES string of the molecule is C[C@]1(CC(=O)Nc2nccs2)NCCc2cc(OCCN=[NH2+])c(Oc3ccc(C(=O)O)c(F)c3)cc21.[NH2-]. The predicted octanol–water partition coefficient (Wildman–Crippen LogP) is 3.47. The Kier molecular flexibility index (Phi) is 8.86. The van der Waals surface area contributed by atoms with Gasteiger partial charge in [0.05, 0.1) is 5.56 Å². The number of anilines is 1. The lowest BCUT2D eigenvalue weighted by Crippen LogP contribution is -2.47. The molecule has 0 bridgehead atoms. The van der Waals surface area contributed by atoms with E-state index in [1.165, 1.54) is 17.4 Å². The van der Waals surface area contributed by atoms with Crippen LogP contribution in [0.2, 0.25) is 0 Å². The molecule has 0 radical (unpaired) electrons. The minimum absolute atomic E-state index is 0. The van der Waals surface area contributed by atoms with Crippen molar-refractivity contribution in [2.75, 3.05) is 25.0 Å². The Hall–Kier alpha value is -3.94. The zero-order valence-corrected chi connectivity index (χ0v) is 20.8. The Morgan fingerprint density at radius 2 is 2.14 bits per heavy atom. The fourth-order valence-electron chi connectivity index (χ4n) is 4.08. The number of ether oxygens (including phenoxy) is 2. The molecule has 1 aliphatic rings. The van der Waals surface area contributed by atoms with E-state index in [4.69, 9.17) is 20.1 Å². The van der Waals surface area contributed by atoms with Crippen molar-refractivity contribution < 1.29 is 34.1 Å². The van der Waals surface area contributed by atoms with E-state index in [2.05, 4.69) is 20.7 Å². The molecule has 0 saturated heterocycles. The summed E-state index contributed by atoms with van der Waals surface area (Å²) in [6, 6.07) is 7.09. The molecule has 37 heavy (non-hydrogen) atoms. The van der Waals surface area contributed by atoms with E-state index in [0.717, 1.165) is 23.3 Å². The molecule has 196 valence electrons. The number of aromatic carboxylic acids is 1. The molecule has 13 heteroatoms. The fourth-order valence-corrected chi connectivity index (χ4v) is 4.62. The lowest BCUT2D eigenvalue weighted by Gasteiger charge is -2.37. The van der Waals surface area contributed by atoms with Gasteiger partial charge in [0.15, 0.2) is 16.6 Å². The van der Waals surface area contributed by atoms with Gasteiger partial charge in [0.2, 0.25) is 5.91 Å². The van der Waals surface area contributed by atoms with Gasteiger partial charge in [0.25, 0.3) is 0 Å². The Bertz CT molecular complexity index is 1290. The third-order valence-corrected chi connectivity index (χ3v) is 6.43. The first-order valence-corrected chi connectivity index (χ1v) is 12.0. The molecular formula is C24H27FN6O5S. The van der Waals surface area contributed by atoms with E-state index in [1.807, 2.05) is 13.0 Å². The number of nitrogens with zero attached hydrogens (tertiary/aromatic N) is 2. The second kappa shape index (κ2) is 11.9. The van der Waals surface area contributed by atoms with Crippen molar-refractivity contribution in [2.45, 2.75) is 25.3 Å². The van der Waals surface area contributed by atoms with E-state index >= 15 is 0 Å². The molecule has 2 aromatic carbocycles. The summed E-state index contributed by atoms with van der Waals surface area (Å²) in [6.45, 7) is 3.03. The number of nitrogens with one attached hydrogen (secondary N) is 2. The first kappa shape index (κ1) is 27.6. The Morgan fingerprint density at radius 1 is 1.32 bits per heavy atom. The van der Waals surface area contributed by atoms with Gasteiger partial charge in [-0.15, -0.1) is 11.3 Å². The summed E-state index contributed by atoms with van der Waals surface area (Å²) in [7, 11) is 0. The van der Waals surface area contributed by atoms with Crippen molar-refractivity contribution >= 4 is 28.3 Å². The maximum absolute atomic E-state index is 14.3. The van der Waals surface area contributed by atoms with Crippen LogP contribution in [0.3, 0.4) is 0 Å². The molecule has 1 atom stereocenters. The third kappa shape index (κ3) is 6.44. The first-order valence-electron chi connectivity index (χ1n) is 11.1. The number of carboxylic acids is 1. The summed E-state index contributed by atoms with van der Waals surface area (Å²) in [5, 5.41) is 21.2. The number of benzene rings is 2. The van der Waals surface area contributed by atoms with Crippen LogP contribution in [0.4, 0.5) is 9.52 Å². The van der Waals surface area contributed by atoms with E-state index in [0.29, 0.717) is 23.8 Å². The topological polar surface area (TPSA) is 181 Å². The molecule has 4 rings (SSSR count). The van der Waals surface area contributed by atoms with Gasteiger partial charge in [-0.05, 0) is 53.9 Å². The number of nitrogens with two attached hydrogens (primary N) is 2. The van der Waals surface area contributed by atoms with Gasteiger partial charge in [-0.2, -0.15) is 5.53 Å². The normalized spacial score (nSPS) is 16.2. The summed E-state index contributed by atoms with van der Waals surface area (Å²) in [4.78, 5) is 28.0. The number of rotatable bonds is 10. The first-order chi connectivity index (χ1) is 17.3. The fraction of sp³-hybridized carbons (Fsp3) is 0.292. The summed E-state index contributed by atoms with van der Waals surface area (Å²) in [5.41, 5.74) is 5.84. The van der Waals surface area contributed by atoms with Gasteiger partial charge in [-0.1, -0.05) is 0 Å². The van der Waals surface area contributed by atoms with E-state index < -0.39 is 22.9 Å². The lowest BCUT2D eigenvalue weighted by atomic mass is 9.81. The van der Waals surface area contributed by atoms with Crippen LogP contribution < -0.4 is 25.6 Å². The second-order valence-electron chi connectivity index (χ2n) is 8.33. The number of thiazole rings is 1. The second-order valence-corrected chi connectivity index (χ2v) is 9.23. The predicted molar refractivity (Wildman–Crippen MR) is 134 cm³/mol. The summed E-state index contributed by atoms with van der Waals surface area (Å²) in [5.74, 6) is -1.72. The number of aromatic nitrogens is 1. The minimum Gasteiger partial charge on any atom is -0.693 e. The van der Waals surface area contributed by atoms with Crippen molar-refractivity contribution in [3.05, 3.63) is 70.6 Å². The molecule has 0 saturated carbocycles. The molecule has 0 fully saturated rings. The number of hydrogen-bond donors (Lipinski definition) is 4. The molecule has 7 N–H and O–H groups in total. The van der Waals surface area contributed by atoms with Gasteiger partial charge in [0.1, 0.15) is 24.7 Å². The van der Waals surface area contributed by atoms with Crippen LogP contribution in [-0.2, 0) is 16.8 Å². The Balaban J connectivity index is 0.00000380. The highest BCUT2D eigenvalue weighted by atomic mass is 32.1. The quantitative estimate of drug-likeness (QED) is 0.229. The standard InChI is InChI=1S/C24H24FN5O5S.H2N/c1-24(13-21(31)30-23-27-7-9-36-23)17-12-20(35-15-2-3-16(22(32)33)18(25)11-15)19(34-8-6-29-26)10-14(17)4-5-28-24;/h2-3,7,9-12,26,28H,4-6,8,13H2,1H3,(H,32,33)(H,27,30,31);1H2/q;-1/p+1/t24-;/m1./s1. The zero-order chi connectivity index (χ0) is 25.7. The van der Waals surface area contributed by atoms with Crippen molar-refractivity contribution in [1.82, 2.24) is 10.3 Å². The average Bonchev–Trinajstić information content (AvgIpc) is 3.32.